The third-order valence-corrected chi connectivity index (χ3v) is 3.89. The number of benzene rings is 1. The number of esters is 1. The van der Waals surface area contributed by atoms with Crippen molar-refractivity contribution in [1.29, 1.82) is 0 Å². The van der Waals surface area contributed by atoms with E-state index < -0.39 is 11.6 Å². The molecule has 5 heteroatoms. The summed E-state index contributed by atoms with van der Waals surface area (Å²) in [7, 11) is 0. The Balaban J connectivity index is 2.39. The Morgan fingerprint density at radius 3 is 2.44 bits per heavy atom. The smallest absolute Gasteiger partial charge is 0.349 e. The summed E-state index contributed by atoms with van der Waals surface area (Å²) >= 11 is 0. The fraction of sp³-hybridized carbons (Fsp3) is 0.600. The van der Waals surface area contributed by atoms with Crippen LogP contribution in [0.1, 0.15) is 64.9 Å². The number of ether oxygens (including phenoxy) is 2. The van der Waals surface area contributed by atoms with Crippen LogP contribution in [0.2, 0.25) is 0 Å². The number of carbonyl (C=O) groups is 2. The van der Waals surface area contributed by atoms with Gasteiger partial charge in [-0.05, 0) is 57.7 Å². The highest BCUT2D eigenvalue weighted by Crippen LogP contribution is 2.22. The van der Waals surface area contributed by atoms with Crippen LogP contribution < -0.4 is 4.74 Å². The van der Waals surface area contributed by atoms with Gasteiger partial charge in [0.25, 0.3) is 0 Å². The normalized spacial score (nSPS) is 11.2. The van der Waals surface area contributed by atoms with E-state index in [1.165, 1.54) is 5.56 Å². The maximum Gasteiger partial charge on any atom is 0.349 e. The second kappa shape index (κ2) is 10.7. The molecule has 1 rings (SSSR count). The molecule has 0 amide bonds. The predicted molar refractivity (Wildman–Crippen MR) is 96.8 cm³/mol. The molecule has 0 atom stereocenters. The molecule has 0 aliphatic rings. The minimum absolute atomic E-state index is 0.260. The number of rotatable bonds is 12. The second-order valence-electron chi connectivity index (χ2n) is 6.64. The van der Waals surface area contributed by atoms with Gasteiger partial charge in [0.1, 0.15) is 5.75 Å². The number of carbonyl (C=O) groups excluding carboxylic acids is 1. The Morgan fingerprint density at radius 1 is 1.08 bits per heavy atom. The molecule has 0 aromatic heterocycles. The third kappa shape index (κ3) is 8.57. The zero-order valence-electron chi connectivity index (χ0n) is 15.5. The summed E-state index contributed by atoms with van der Waals surface area (Å²) in [5.74, 6) is -0.429. The van der Waals surface area contributed by atoms with E-state index in [4.69, 9.17) is 14.6 Å². The summed E-state index contributed by atoms with van der Waals surface area (Å²) in [4.78, 5) is 22.4. The van der Waals surface area contributed by atoms with Gasteiger partial charge in [-0.2, -0.15) is 0 Å². The maximum atomic E-state index is 11.9. The summed E-state index contributed by atoms with van der Waals surface area (Å²) in [6.07, 6.45) is 6.10. The van der Waals surface area contributed by atoms with E-state index in [0.717, 1.165) is 38.5 Å². The van der Waals surface area contributed by atoms with Crippen molar-refractivity contribution >= 4 is 11.9 Å². The van der Waals surface area contributed by atoms with Crippen molar-refractivity contribution in [3.8, 4) is 5.75 Å². The molecule has 0 bridgehead atoms. The maximum absolute atomic E-state index is 11.9. The summed E-state index contributed by atoms with van der Waals surface area (Å²) < 4.78 is 10.8. The summed E-state index contributed by atoms with van der Waals surface area (Å²) in [5.41, 5.74) is 0.154. The predicted octanol–water partition coefficient (Wildman–Crippen LogP) is 4.37. The number of aliphatic carboxylic acids is 1. The first-order valence-electron chi connectivity index (χ1n) is 9.02. The van der Waals surface area contributed by atoms with Gasteiger partial charge in [0.2, 0.25) is 0 Å². The molecule has 1 aromatic rings. The first-order valence-corrected chi connectivity index (χ1v) is 9.02. The van der Waals surface area contributed by atoms with Crippen LogP contribution in [0, 0.1) is 0 Å². The minimum Gasteiger partial charge on any atom is -0.481 e. The van der Waals surface area contributed by atoms with Crippen LogP contribution in [0.25, 0.3) is 0 Å². The number of hydrogen-bond donors (Lipinski definition) is 1. The standard InChI is InChI=1S/C20H30O5/c1-4-24-19(23)20(2,3)25-17-13-10-12-16(15-17)11-8-6-5-7-9-14-18(21)22/h10,12-13,15H,4-9,11,14H2,1-3H3,(H,21,22). The summed E-state index contributed by atoms with van der Waals surface area (Å²) in [6.45, 7) is 5.51. The first-order chi connectivity index (χ1) is 11.8. The van der Waals surface area contributed by atoms with Crippen molar-refractivity contribution in [3.05, 3.63) is 29.8 Å². The molecule has 0 saturated heterocycles. The molecule has 5 nitrogen and oxygen atoms in total. The molecule has 0 aliphatic heterocycles. The Kier molecular flexibility index (Phi) is 9.03. The fourth-order valence-electron chi connectivity index (χ4n) is 2.54. The number of aryl methyl sites for hydroxylation is 1. The highest BCUT2D eigenvalue weighted by atomic mass is 16.6. The van der Waals surface area contributed by atoms with Crippen LogP contribution in [-0.2, 0) is 20.7 Å². The molecule has 0 heterocycles. The van der Waals surface area contributed by atoms with E-state index in [1.807, 2.05) is 18.2 Å². The molecule has 0 saturated carbocycles. The van der Waals surface area contributed by atoms with Gasteiger partial charge in [0.05, 0.1) is 6.61 Å². The van der Waals surface area contributed by atoms with Crippen LogP contribution >= 0.6 is 0 Å². The third-order valence-electron chi connectivity index (χ3n) is 3.89. The SMILES string of the molecule is CCOC(=O)C(C)(C)Oc1cccc(CCCCCCCC(=O)O)c1. The molecule has 0 radical (unpaired) electrons. The van der Waals surface area contributed by atoms with E-state index in [2.05, 4.69) is 6.07 Å². The molecule has 0 aliphatic carbocycles. The number of hydrogen-bond acceptors (Lipinski definition) is 4. The molecule has 1 aromatic carbocycles. The van der Waals surface area contributed by atoms with Crippen molar-refractivity contribution < 1.29 is 24.2 Å². The average Bonchev–Trinajstić information content (AvgIpc) is 2.54. The van der Waals surface area contributed by atoms with Gasteiger partial charge in [-0.1, -0.05) is 31.4 Å². The van der Waals surface area contributed by atoms with E-state index in [1.54, 1.807) is 20.8 Å². The van der Waals surface area contributed by atoms with Crippen LogP contribution in [0.15, 0.2) is 24.3 Å². The average molecular weight is 350 g/mol. The van der Waals surface area contributed by atoms with E-state index in [-0.39, 0.29) is 12.4 Å². The van der Waals surface area contributed by atoms with Crippen molar-refractivity contribution in [2.45, 2.75) is 71.3 Å². The lowest BCUT2D eigenvalue weighted by molar-refractivity contribution is -0.158. The van der Waals surface area contributed by atoms with Gasteiger partial charge in [0, 0.05) is 6.42 Å². The molecular formula is C20H30O5. The van der Waals surface area contributed by atoms with E-state index in [0.29, 0.717) is 12.4 Å². The van der Waals surface area contributed by atoms with Crippen molar-refractivity contribution in [1.82, 2.24) is 0 Å². The second-order valence-corrected chi connectivity index (χ2v) is 6.64. The highest BCUT2D eigenvalue weighted by molar-refractivity contribution is 5.79. The Bertz CT molecular complexity index is 551. The Morgan fingerprint density at radius 2 is 1.76 bits per heavy atom. The lowest BCUT2D eigenvalue weighted by Crippen LogP contribution is -2.39. The van der Waals surface area contributed by atoms with E-state index >= 15 is 0 Å². The van der Waals surface area contributed by atoms with Crippen molar-refractivity contribution in [3.63, 3.8) is 0 Å². The Hall–Kier alpha value is -2.04. The lowest BCUT2D eigenvalue weighted by atomic mass is 10.0. The van der Waals surface area contributed by atoms with Crippen LogP contribution in [0.5, 0.6) is 5.75 Å². The molecule has 0 fully saturated rings. The number of carboxylic acids is 1. The molecule has 1 N–H and O–H groups in total. The number of unbranched alkanes of at least 4 members (excludes halogenated alkanes) is 4. The molecule has 0 unspecified atom stereocenters. The molecule has 25 heavy (non-hydrogen) atoms. The molecular weight excluding hydrogens is 320 g/mol. The van der Waals surface area contributed by atoms with Crippen molar-refractivity contribution in [2.75, 3.05) is 6.61 Å². The van der Waals surface area contributed by atoms with Gasteiger partial charge in [-0.15, -0.1) is 0 Å². The monoisotopic (exact) mass is 350 g/mol. The van der Waals surface area contributed by atoms with Gasteiger partial charge in [0.15, 0.2) is 5.60 Å². The fourth-order valence-corrected chi connectivity index (χ4v) is 2.54. The highest BCUT2D eigenvalue weighted by Gasteiger charge is 2.31. The number of carboxylic acid groups (broad SMARTS) is 1. The van der Waals surface area contributed by atoms with Gasteiger partial charge >= 0.3 is 11.9 Å². The summed E-state index contributed by atoms with van der Waals surface area (Å²) in [6, 6.07) is 7.79. The zero-order chi connectivity index (χ0) is 18.7. The van der Waals surface area contributed by atoms with Crippen LogP contribution in [-0.4, -0.2) is 29.3 Å². The lowest BCUT2D eigenvalue weighted by Gasteiger charge is -2.24. The summed E-state index contributed by atoms with van der Waals surface area (Å²) in [5, 5.41) is 8.59. The van der Waals surface area contributed by atoms with Gasteiger partial charge in [-0.25, -0.2) is 4.79 Å². The molecule has 0 spiro atoms. The Labute approximate surface area is 150 Å². The zero-order valence-corrected chi connectivity index (χ0v) is 15.5. The minimum atomic E-state index is -1.02. The quantitative estimate of drug-likeness (QED) is 0.447. The van der Waals surface area contributed by atoms with Gasteiger partial charge in [-0.3, -0.25) is 4.79 Å². The van der Waals surface area contributed by atoms with Crippen LogP contribution in [0.3, 0.4) is 0 Å². The molecule has 140 valence electrons. The largest absolute Gasteiger partial charge is 0.481 e. The van der Waals surface area contributed by atoms with Crippen LogP contribution in [0.4, 0.5) is 0 Å². The first kappa shape index (κ1) is 21.0. The van der Waals surface area contributed by atoms with E-state index in [9.17, 15) is 9.59 Å². The van der Waals surface area contributed by atoms with Gasteiger partial charge < -0.3 is 14.6 Å². The van der Waals surface area contributed by atoms with Crippen molar-refractivity contribution in [2.24, 2.45) is 0 Å². The topological polar surface area (TPSA) is 72.8 Å².